The Morgan fingerprint density at radius 2 is 1.69 bits per heavy atom. The highest BCUT2D eigenvalue weighted by molar-refractivity contribution is 5.96. The molecule has 1 aliphatic carbocycles. The van der Waals surface area contributed by atoms with Crippen LogP contribution in [0.15, 0.2) is 48.5 Å². The van der Waals surface area contributed by atoms with E-state index >= 15 is 0 Å². The smallest absolute Gasteiger partial charge is 0.246 e. The van der Waals surface area contributed by atoms with Gasteiger partial charge in [0.1, 0.15) is 11.8 Å². The molecule has 2 aromatic carbocycles. The fourth-order valence-electron chi connectivity index (χ4n) is 2.51. The minimum atomic E-state index is -0.423. The maximum Gasteiger partial charge on any atom is 0.246 e. The Bertz CT molecular complexity index is 785. The third kappa shape index (κ3) is 4.75. The average Bonchev–Trinajstić information content (AvgIpc) is 3.48. The summed E-state index contributed by atoms with van der Waals surface area (Å²) in [4.78, 5) is 24.1. The summed E-state index contributed by atoms with van der Waals surface area (Å²) in [6, 6.07) is 14.1. The minimum Gasteiger partial charge on any atom is -0.497 e. The summed E-state index contributed by atoms with van der Waals surface area (Å²) in [5.74, 6) is 0.793. The molecule has 1 fully saturated rings. The van der Waals surface area contributed by atoms with E-state index in [0.717, 1.165) is 24.2 Å². The molecule has 2 aromatic rings. The highest BCUT2D eigenvalue weighted by Crippen LogP contribution is 2.30. The summed E-state index contributed by atoms with van der Waals surface area (Å²) >= 11 is 0. The van der Waals surface area contributed by atoms with E-state index in [2.05, 4.69) is 16.0 Å². The van der Waals surface area contributed by atoms with E-state index in [0.29, 0.717) is 11.4 Å². The highest BCUT2D eigenvalue weighted by atomic mass is 16.5. The highest BCUT2D eigenvalue weighted by Gasteiger charge is 2.29. The zero-order valence-electron chi connectivity index (χ0n) is 14.9. The summed E-state index contributed by atoms with van der Waals surface area (Å²) in [6.45, 7) is 1.79. The Kier molecular flexibility index (Phi) is 5.41. The van der Waals surface area contributed by atoms with Gasteiger partial charge in [-0.1, -0.05) is 6.07 Å². The fraction of sp³-hybridized carbons (Fsp3) is 0.300. The molecule has 0 unspecified atom stereocenters. The lowest BCUT2D eigenvalue weighted by atomic mass is 10.2. The predicted molar refractivity (Wildman–Crippen MR) is 103 cm³/mol. The number of amides is 2. The van der Waals surface area contributed by atoms with Crippen LogP contribution >= 0.6 is 0 Å². The van der Waals surface area contributed by atoms with E-state index in [-0.39, 0.29) is 17.7 Å². The van der Waals surface area contributed by atoms with Gasteiger partial charge in [0.25, 0.3) is 0 Å². The van der Waals surface area contributed by atoms with Crippen LogP contribution in [-0.2, 0) is 9.59 Å². The van der Waals surface area contributed by atoms with Gasteiger partial charge >= 0.3 is 0 Å². The number of anilines is 3. The molecule has 0 bridgehead atoms. The van der Waals surface area contributed by atoms with Crippen LogP contribution in [0.1, 0.15) is 19.8 Å². The molecule has 136 valence electrons. The van der Waals surface area contributed by atoms with Crippen molar-refractivity contribution >= 4 is 28.9 Å². The first-order chi connectivity index (χ1) is 12.5. The molecule has 0 aromatic heterocycles. The second kappa shape index (κ2) is 7.91. The molecule has 1 saturated carbocycles. The van der Waals surface area contributed by atoms with Gasteiger partial charge in [0, 0.05) is 29.0 Å². The monoisotopic (exact) mass is 353 g/mol. The maximum absolute atomic E-state index is 12.3. The summed E-state index contributed by atoms with van der Waals surface area (Å²) < 4.78 is 5.15. The lowest BCUT2D eigenvalue weighted by molar-refractivity contribution is -0.117. The van der Waals surface area contributed by atoms with E-state index in [4.69, 9.17) is 4.74 Å². The summed E-state index contributed by atoms with van der Waals surface area (Å²) in [5, 5.41) is 8.90. The first kappa shape index (κ1) is 17.8. The number of carbonyl (C=O) groups excluding carboxylic acids is 2. The normalized spacial score (nSPS) is 14.2. The topological polar surface area (TPSA) is 79.5 Å². The second-order valence-corrected chi connectivity index (χ2v) is 6.43. The van der Waals surface area contributed by atoms with Crippen molar-refractivity contribution in [3.63, 3.8) is 0 Å². The van der Waals surface area contributed by atoms with Gasteiger partial charge in [-0.05, 0) is 56.2 Å². The lowest BCUT2D eigenvalue weighted by Crippen LogP contribution is -2.31. The van der Waals surface area contributed by atoms with Crippen LogP contribution in [0.3, 0.4) is 0 Å². The van der Waals surface area contributed by atoms with E-state index in [1.807, 2.05) is 42.5 Å². The molecule has 0 spiro atoms. The summed E-state index contributed by atoms with van der Waals surface area (Å²) in [7, 11) is 1.59. The van der Waals surface area contributed by atoms with Crippen molar-refractivity contribution < 1.29 is 14.3 Å². The number of nitrogens with one attached hydrogen (secondary N) is 3. The lowest BCUT2D eigenvalue weighted by Gasteiger charge is -2.16. The molecule has 3 rings (SSSR count). The van der Waals surface area contributed by atoms with Gasteiger partial charge in [-0.15, -0.1) is 0 Å². The predicted octanol–water partition coefficient (Wildman–Crippen LogP) is 3.48. The third-order valence-corrected chi connectivity index (χ3v) is 4.21. The number of carbonyl (C=O) groups is 2. The SMILES string of the molecule is COc1cccc(NC(=O)[C@H](C)Nc2ccc(NC(=O)C3CC3)cc2)c1. The van der Waals surface area contributed by atoms with Crippen molar-refractivity contribution in [2.45, 2.75) is 25.8 Å². The molecule has 6 nitrogen and oxygen atoms in total. The van der Waals surface area contributed by atoms with Gasteiger partial charge < -0.3 is 20.7 Å². The summed E-state index contributed by atoms with van der Waals surface area (Å²) in [6.07, 6.45) is 1.96. The van der Waals surface area contributed by atoms with Crippen LogP contribution in [0.25, 0.3) is 0 Å². The molecule has 1 atom stereocenters. The van der Waals surface area contributed by atoms with Crippen molar-refractivity contribution in [1.29, 1.82) is 0 Å². The molecule has 26 heavy (non-hydrogen) atoms. The van der Waals surface area contributed by atoms with E-state index in [1.165, 1.54) is 0 Å². The van der Waals surface area contributed by atoms with Crippen molar-refractivity contribution in [2.75, 3.05) is 23.1 Å². The minimum absolute atomic E-state index is 0.0803. The molecule has 0 radical (unpaired) electrons. The first-order valence-electron chi connectivity index (χ1n) is 8.67. The van der Waals surface area contributed by atoms with Gasteiger partial charge in [0.15, 0.2) is 0 Å². The van der Waals surface area contributed by atoms with Crippen molar-refractivity contribution in [2.24, 2.45) is 5.92 Å². The molecule has 6 heteroatoms. The first-order valence-corrected chi connectivity index (χ1v) is 8.67. The molecule has 0 saturated heterocycles. The van der Waals surface area contributed by atoms with Crippen molar-refractivity contribution in [1.82, 2.24) is 0 Å². The van der Waals surface area contributed by atoms with Crippen LogP contribution in [-0.4, -0.2) is 25.0 Å². The average molecular weight is 353 g/mol. The molecule has 1 aliphatic rings. The number of methoxy groups -OCH3 is 1. The molecular weight excluding hydrogens is 330 g/mol. The molecular formula is C20H23N3O3. The van der Waals surface area contributed by atoms with Crippen LogP contribution < -0.4 is 20.7 Å². The van der Waals surface area contributed by atoms with Gasteiger partial charge in [-0.25, -0.2) is 0 Å². The fourth-order valence-corrected chi connectivity index (χ4v) is 2.51. The molecule has 0 aliphatic heterocycles. The van der Waals surface area contributed by atoms with E-state index < -0.39 is 6.04 Å². The number of rotatable bonds is 7. The molecule has 3 N–H and O–H groups in total. The Morgan fingerprint density at radius 3 is 2.35 bits per heavy atom. The zero-order chi connectivity index (χ0) is 18.5. The van der Waals surface area contributed by atoms with Gasteiger partial charge in [-0.2, -0.15) is 0 Å². The molecule has 2 amide bonds. The van der Waals surface area contributed by atoms with Crippen molar-refractivity contribution in [3.8, 4) is 5.75 Å². The number of hydrogen-bond acceptors (Lipinski definition) is 4. The van der Waals surface area contributed by atoms with Crippen LogP contribution in [0.4, 0.5) is 17.1 Å². The van der Waals surface area contributed by atoms with Crippen molar-refractivity contribution in [3.05, 3.63) is 48.5 Å². The van der Waals surface area contributed by atoms with Gasteiger partial charge in [-0.3, -0.25) is 9.59 Å². The van der Waals surface area contributed by atoms with Crippen LogP contribution in [0.2, 0.25) is 0 Å². The van der Waals surface area contributed by atoms with Gasteiger partial charge in [0.2, 0.25) is 11.8 Å². The Morgan fingerprint density at radius 1 is 1.00 bits per heavy atom. The standard InChI is InChI=1S/C20H23N3O3/c1-13(19(24)23-17-4-3-5-18(12-17)26-2)21-15-8-10-16(11-9-15)22-20(25)14-6-7-14/h3-5,8-14,21H,6-7H2,1-2H3,(H,22,25)(H,23,24)/t13-/m0/s1. The Labute approximate surface area is 152 Å². The third-order valence-electron chi connectivity index (χ3n) is 4.21. The van der Waals surface area contributed by atoms with E-state index in [9.17, 15) is 9.59 Å². The molecule has 0 heterocycles. The second-order valence-electron chi connectivity index (χ2n) is 6.43. The Hall–Kier alpha value is -3.02. The quantitative estimate of drug-likeness (QED) is 0.712. The van der Waals surface area contributed by atoms with Crippen LogP contribution in [0.5, 0.6) is 5.75 Å². The zero-order valence-corrected chi connectivity index (χ0v) is 14.9. The maximum atomic E-state index is 12.3. The largest absolute Gasteiger partial charge is 0.497 e. The number of ether oxygens (including phenoxy) is 1. The number of benzene rings is 2. The Balaban J connectivity index is 1.53. The van der Waals surface area contributed by atoms with Crippen LogP contribution in [0, 0.1) is 5.92 Å². The number of hydrogen-bond donors (Lipinski definition) is 3. The summed E-state index contributed by atoms with van der Waals surface area (Å²) in [5.41, 5.74) is 2.25. The van der Waals surface area contributed by atoms with E-state index in [1.54, 1.807) is 20.1 Å². The van der Waals surface area contributed by atoms with Gasteiger partial charge in [0.05, 0.1) is 7.11 Å².